The third kappa shape index (κ3) is 3.63. The Morgan fingerprint density at radius 1 is 1.21 bits per heavy atom. The van der Waals surface area contributed by atoms with Crippen molar-refractivity contribution < 1.29 is 19.5 Å². The molecule has 1 saturated heterocycles. The summed E-state index contributed by atoms with van der Waals surface area (Å²) in [6, 6.07) is 6.13. The molecule has 7 nitrogen and oxygen atoms in total. The van der Waals surface area contributed by atoms with Gasteiger partial charge in [0.2, 0.25) is 11.8 Å². The number of amides is 3. The molecule has 0 aromatic heterocycles. The highest BCUT2D eigenvalue weighted by Crippen LogP contribution is 2.39. The van der Waals surface area contributed by atoms with Gasteiger partial charge in [-0.2, -0.15) is 0 Å². The van der Waals surface area contributed by atoms with Crippen molar-refractivity contribution in [3.8, 4) is 0 Å². The molecule has 3 atom stereocenters. The molecule has 0 unspecified atom stereocenters. The number of hydrogen-bond donors (Lipinski definition) is 3. The van der Waals surface area contributed by atoms with Crippen LogP contribution in [-0.2, 0) is 9.59 Å². The van der Waals surface area contributed by atoms with E-state index in [9.17, 15) is 19.5 Å². The molecular weight excluding hydrogens is 358 g/mol. The molecule has 2 heterocycles. The third-order valence-electron chi connectivity index (χ3n) is 6.48. The predicted octanol–water partition coefficient (Wildman–Crippen LogP) is 1.67. The first-order valence-corrected chi connectivity index (χ1v) is 10.2. The number of piperidine rings is 1. The number of nitrogens with one attached hydrogen (secondary N) is 2. The maximum absolute atomic E-state index is 12.7. The van der Waals surface area contributed by atoms with Crippen LogP contribution in [0.25, 0.3) is 0 Å². The van der Waals surface area contributed by atoms with Crippen LogP contribution in [0.4, 0.5) is 5.69 Å². The molecule has 0 spiro atoms. The van der Waals surface area contributed by atoms with E-state index in [1.54, 1.807) is 24.3 Å². The summed E-state index contributed by atoms with van der Waals surface area (Å²) in [6.45, 7) is 1.14. The van der Waals surface area contributed by atoms with Crippen molar-refractivity contribution in [2.24, 2.45) is 5.92 Å². The van der Waals surface area contributed by atoms with Crippen LogP contribution < -0.4 is 10.6 Å². The van der Waals surface area contributed by atoms with Crippen molar-refractivity contribution in [2.75, 3.05) is 18.4 Å². The number of para-hydroxylation sites is 1. The van der Waals surface area contributed by atoms with Gasteiger partial charge in [0, 0.05) is 25.4 Å². The normalized spacial score (nSPS) is 29.8. The number of nitrogens with zero attached hydrogens (tertiary/aromatic N) is 1. The first kappa shape index (κ1) is 18.9. The highest BCUT2D eigenvalue weighted by molar-refractivity contribution is 6.09. The number of anilines is 1. The fourth-order valence-electron chi connectivity index (χ4n) is 4.74. The fraction of sp³-hybridized carbons (Fsp3) is 0.571. The van der Waals surface area contributed by atoms with Crippen molar-refractivity contribution in [1.29, 1.82) is 0 Å². The summed E-state index contributed by atoms with van der Waals surface area (Å²) in [5.41, 5.74) is 0.305. The van der Waals surface area contributed by atoms with E-state index < -0.39 is 11.6 Å². The maximum Gasteiger partial charge on any atom is 0.254 e. The molecule has 1 aromatic rings. The van der Waals surface area contributed by atoms with Crippen molar-refractivity contribution in [1.82, 2.24) is 10.2 Å². The van der Waals surface area contributed by atoms with Gasteiger partial charge in [-0.05, 0) is 37.8 Å². The number of fused-ring (bicyclic) bond motifs is 2. The summed E-state index contributed by atoms with van der Waals surface area (Å²) in [7, 11) is 0. The molecule has 0 bridgehead atoms. The lowest BCUT2D eigenvalue weighted by molar-refractivity contribution is -0.143. The van der Waals surface area contributed by atoms with Gasteiger partial charge in [-0.3, -0.25) is 14.4 Å². The largest absolute Gasteiger partial charge is 0.389 e. The van der Waals surface area contributed by atoms with Crippen molar-refractivity contribution in [2.45, 2.75) is 56.6 Å². The Hall–Kier alpha value is -2.41. The van der Waals surface area contributed by atoms with Gasteiger partial charge in [0.1, 0.15) is 6.04 Å². The smallest absolute Gasteiger partial charge is 0.254 e. The Balaban J connectivity index is 1.35. The summed E-state index contributed by atoms with van der Waals surface area (Å²) in [6.07, 6.45) is 5.02. The van der Waals surface area contributed by atoms with Crippen molar-refractivity contribution in [3.63, 3.8) is 0 Å². The highest BCUT2D eigenvalue weighted by atomic mass is 16.3. The number of benzene rings is 1. The molecule has 4 rings (SSSR count). The molecule has 1 aliphatic carbocycles. The van der Waals surface area contributed by atoms with Crippen LogP contribution in [0.15, 0.2) is 24.3 Å². The van der Waals surface area contributed by atoms with Crippen LogP contribution in [-0.4, -0.2) is 52.5 Å². The minimum Gasteiger partial charge on any atom is -0.389 e. The van der Waals surface area contributed by atoms with Gasteiger partial charge in [0.05, 0.1) is 16.9 Å². The molecule has 2 aliphatic heterocycles. The zero-order chi connectivity index (χ0) is 19.7. The van der Waals surface area contributed by atoms with E-state index in [1.165, 1.54) is 0 Å². The van der Waals surface area contributed by atoms with Crippen LogP contribution in [0, 0.1) is 5.92 Å². The van der Waals surface area contributed by atoms with E-state index in [2.05, 4.69) is 10.6 Å². The van der Waals surface area contributed by atoms with E-state index in [0.717, 1.165) is 25.7 Å². The van der Waals surface area contributed by atoms with E-state index >= 15 is 0 Å². The zero-order valence-corrected chi connectivity index (χ0v) is 15.9. The van der Waals surface area contributed by atoms with Gasteiger partial charge in [0.15, 0.2) is 0 Å². The van der Waals surface area contributed by atoms with Gasteiger partial charge in [-0.15, -0.1) is 0 Å². The Morgan fingerprint density at radius 3 is 2.89 bits per heavy atom. The lowest BCUT2D eigenvalue weighted by Crippen LogP contribution is -2.54. The Bertz CT molecular complexity index is 796. The van der Waals surface area contributed by atoms with Gasteiger partial charge in [-0.1, -0.05) is 25.0 Å². The van der Waals surface area contributed by atoms with Crippen LogP contribution >= 0.6 is 0 Å². The molecule has 3 amide bonds. The molecule has 3 N–H and O–H groups in total. The maximum atomic E-state index is 12.7. The first-order chi connectivity index (χ1) is 13.5. The number of aliphatic hydroxyl groups is 1. The standard InChI is InChI=1S/C21H27N3O4/c25-18(24-12-11-21(28)10-4-3-5-14(21)13-24)9-8-17-20(27)22-16-7-2-1-6-15(16)19(26)23-17/h1-2,6-7,14,17,28H,3-5,8-13H2,(H,22,27)(H,23,26)/t14-,17+,21-/m0/s1. The first-order valence-electron chi connectivity index (χ1n) is 10.2. The molecule has 2 fully saturated rings. The van der Waals surface area contributed by atoms with Gasteiger partial charge in [0.25, 0.3) is 5.91 Å². The Labute approximate surface area is 164 Å². The lowest BCUT2D eigenvalue weighted by atomic mass is 9.71. The second kappa shape index (κ2) is 7.54. The summed E-state index contributed by atoms with van der Waals surface area (Å²) >= 11 is 0. The molecule has 28 heavy (non-hydrogen) atoms. The van der Waals surface area contributed by atoms with Gasteiger partial charge in [-0.25, -0.2) is 0 Å². The van der Waals surface area contributed by atoms with Gasteiger partial charge >= 0.3 is 0 Å². The minimum absolute atomic E-state index is 0.0172. The SMILES string of the molecule is O=C1N[C@H](CCC(=O)N2CC[C@@]3(O)CCCC[C@H]3C2)C(=O)Nc2ccccc21. The summed E-state index contributed by atoms with van der Waals surface area (Å²) in [5.74, 6) is -0.478. The highest BCUT2D eigenvalue weighted by Gasteiger charge is 2.43. The number of carbonyl (C=O) groups is 3. The van der Waals surface area contributed by atoms with E-state index in [1.807, 2.05) is 4.90 Å². The van der Waals surface area contributed by atoms with Crippen LogP contribution in [0.2, 0.25) is 0 Å². The fourth-order valence-corrected chi connectivity index (χ4v) is 4.74. The second-order valence-corrected chi connectivity index (χ2v) is 8.24. The molecule has 1 aromatic carbocycles. The summed E-state index contributed by atoms with van der Waals surface area (Å²) in [4.78, 5) is 39.4. The quantitative estimate of drug-likeness (QED) is 0.737. The molecule has 1 saturated carbocycles. The van der Waals surface area contributed by atoms with Crippen LogP contribution in [0.1, 0.15) is 55.3 Å². The minimum atomic E-state index is -0.736. The molecule has 150 valence electrons. The zero-order valence-electron chi connectivity index (χ0n) is 15.9. The average Bonchev–Trinajstić information content (AvgIpc) is 2.81. The predicted molar refractivity (Wildman–Crippen MR) is 104 cm³/mol. The van der Waals surface area contributed by atoms with Gasteiger partial charge < -0.3 is 20.6 Å². The Morgan fingerprint density at radius 2 is 2.04 bits per heavy atom. The third-order valence-corrected chi connectivity index (χ3v) is 6.48. The monoisotopic (exact) mass is 385 g/mol. The Kier molecular flexibility index (Phi) is 5.10. The topological polar surface area (TPSA) is 98.7 Å². The van der Waals surface area contributed by atoms with Crippen LogP contribution in [0.3, 0.4) is 0 Å². The number of hydrogen-bond acceptors (Lipinski definition) is 4. The van der Waals surface area contributed by atoms with Crippen LogP contribution in [0.5, 0.6) is 0 Å². The molecule has 3 aliphatic rings. The lowest BCUT2D eigenvalue weighted by Gasteiger charge is -2.47. The molecule has 0 radical (unpaired) electrons. The summed E-state index contributed by atoms with van der Waals surface area (Å²) < 4.78 is 0. The van der Waals surface area contributed by atoms with E-state index in [4.69, 9.17) is 0 Å². The van der Waals surface area contributed by atoms with E-state index in [-0.39, 0.29) is 36.5 Å². The number of carbonyl (C=O) groups excluding carboxylic acids is 3. The summed E-state index contributed by atoms with van der Waals surface area (Å²) in [5, 5.41) is 16.3. The van der Waals surface area contributed by atoms with Crippen molar-refractivity contribution in [3.05, 3.63) is 29.8 Å². The number of likely N-dealkylation sites (tertiary alicyclic amines) is 1. The second-order valence-electron chi connectivity index (χ2n) is 8.24. The van der Waals surface area contributed by atoms with Crippen molar-refractivity contribution >= 4 is 23.4 Å². The molecule has 7 heteroatoms. The average molecular weight is 385 g/mol. The number of rotatable bonds is 3. The molecular formula is C21H27N3O4. The van der Waals surface area contributed by atoms with E-state index in [0.29, 0.717) is 30.8 Å².